The minimum atomic E-state index is 0.883. The number of hydrogen-bond acceptors (Lipinski definition) is 2. The minimum Gasteiger partial charge on any atom is -0.456 e. The molecule has 0 radical (unpaired) electrons. The molecule has 312 valence electrons. The van der Waals surface area contributed by atoms with Gasteiger partial charge in [-0.25, -0.2) is 4.98 Å². The van der Waals surface area contributed by atoms with Crippen molar-refractivity contribution in [3.63, 3.8) is 0 Å². The highest BCUT2D eigenvalue weighted by atomic mass is 16.3. The van der Waals surface area contributed by atoms with E-state index in [-0.39, 0.29) is 0 Å². The number of fused-ring (bicyclic) bond motifs is 14. The van der Waals surface area contributed by atoms with E-state index in [2.05, 4.69) is 230 Å². The largest absolute Gasteiger partial charge is 0.456 e. The minimum absolute atomic E-state index is 0.883. The van der Waals surface area contributed by atoms with Crippen LogP contribution in [0.2, 0.25) is 0 Å². The topological polar surface area (TPSA) is 45.2 Å². The molecule has 0 spiro atoms. The van der Waals surface area contributed by atoms with Crippen LogP contribution in [-0.2, 0) is 0 Å². The average molecular weight is 856 g/mol. The van der Waals surface area contributed by atoms with Crippen molar-refractivity contribution in [1.82, 2.24) is 23.1 Å². The third-order valence-corrected chi connectivity index (χ3v) is 14.0. The van der Waals surface area contributed by atoms with Gasteiger partial charge in [0.25, 0.3) is 0 Å². The van der Waals surface area contributed by atoms with E-state index in [0.29, 0.717) is 0 Å². The van der Waals surface area contributed by atoms with Crippen molar-refractivity contribution in [2.45, 2.75) is 0 Å². The molecule has 0 bridgehead atoms. The summed E-state index contributed by atoms with van der Waals surface area (Å²) < 4.78 is 15.8. The van der Waals surface area contributed by atoms with Gasteiger partial charge in [0.05, 0.1) is 49.8 Å². The van der Waals surface area contributed by atoms with Gasteiger partial charge in [-0.1, -0.05) is 121 Å². The van der Waals surface area contributed by atoms with Crippen molar-refractivity contribution >= 4 is 93.4 Å². The van der Waals surface area contributed by atoms with Gasteiger partial charge < -0.3 is 13.6 Å². The van der Waals surface area contributed by atoms with Crippen LogP contribution in [0.4, 0.5) is 0 Å². The summed E-state index contributed by atoms with van der Waals surface area (Å²) in [4.78, 5) is 5.26. The lowest BCUT2D eigenvalue weighted by Crippen LogP contribution is -1.98. The molecule has 0 atom stereocenters. The van der Waals surface area contributed by atoms with Crippen LogP contribution in [0.3, 0.4) is 0 Å². The lowest BCUT2D eigenvalue weighted by molar-refractivity contribution is 0.669. The summed E-state index contributed by atoms with van der Waals surface area (Å²) in [7, 11) is 0. The summed E-state index contributed by atoms with van der Waals surface area (Å²) in [5.74, 6) is 0.896. The number of aromatic nitrogens is 5. The zero-order valence-electron chi connectivity index (χ0n) is 36.0. The highest BCUT2D eigenvalue weighted by Gasteiger charge is 2.23. The summed E-state index contributed by atoms with van der Waals surface area (Å²) in [6, 6.07) is 80.9. The van der Waals surface area contributed by atoms with Gasteiger partial charge in [0, 0.05) is 43.7 Å². The number of benzene rings is 10. The Kier molecular flexibility index (Phi) is 7.40. The molecule has 15 rings (SSSR count). The molecule has 0 saturated carbocycles. The van der Waals surface area contributed by atoms with Gasteiger partial charge in [0.15, 0.2) is 0 Å². The molecule has 67 heavy (non-hydrogen) atoms. The first-order chi connectivity index (χ1) is 33.2. The van der Waals surface area contributed by atoms with Crippen LogP contribution < -0.4 is 0 Å². The Morgan fingerprint density at radius 2 is 0.881 bits per heavy atom. The first-order valence-corrected chi connectivity index (χ1v) is 22.8. The third-order valence-electron chi connectivity index (χ3n) is 14.0. The highest BCUT2D eigenvalue weighted by molar-refractivity contribution is 6.16. The van der Waals surface area contributed by atoms with Crippen molar-refractivity contribution in [2.24, 2.45) is 0 Å². The molecule has 0 aliphatic heterocycles. The third kappa shape index (κ3) is 5.18. The molecular weight excluding hydrogens is 819 g/mol. The van der Waals surface area contributed by atoms with E-state index >= 15 is 0 Å². The Hall–Kier alpha value is -9.13. The molecule has 0 fully saturated rings. The second-order valence-electron chi connectivity index (χ2n) is 17.6. The number of imidazole rings is 2. The average Bonchev–Trinajstić information content (AvgIpc) is 4.19. The Labute approximate surface area is 383 Å². The summed E-state index contributed by atoms with van der Waals surface area (Å²) in [5, 5.41) is 6.94. The summed E-state index contributed by atoms with van der Waals surface area (Å²) in [6.07, 6.45) is 0. The fourth-order valence-electron chi connectivity index (χ4n) is 11.0. The molecule has 0 unspecified atom stereocenters. The number of nitrogens with zero attached hydrogens (tertiary/aromatic N) is 5. The summed E-state index contributed by atoms with van der Waals surface area (Å²) in [5.41, 5.74) is 18.7. The SMILES string of the molecule is c1ccc(-c2cccc(-c3ccc4c(c3)c3cc(-n5c6ccccc6c6c(-n7c8ccccc8n8c9ccccc9nc78)cccc65)ccc3n4-c3ccc4oc5ccccc5c4c3)c2)cc1. The standard InChI is InChI=1S/C61H37N5O/c1-2-14-38(15-3-1)39-16-12-17-40(34-39)41-28-31-51-46(35-41)47-36-42(29-32-52(47)63(51)43-30-33-59-48(37-43)44-18-5-11-27-58(44)67-59)64-50-21-7-4-19-45(50)60-56(64)25-13-26-57(60)66-55-24-10-9-23-54(55)65-53-22-8-6-20-49(53)62-61(65)66/h1-37H. The molecule has 5 aromatic heterocycles. The fraction of sp³-hybridized carbons (Fsp3) is 0. The van der Waals surface area contributed by atoms with Crippen LogP contribution in [0, 0.1) is 0 Å². The molecule has 0 N–H and O–H groups in total. The van der Waals surface area contributed by atoms with E-state index in [0.717, 1.165) is 88.9 Å². The Bertz CT molecular complexity index is 4520. The van der Waals surface area contributed by atoms with E-state index in [1.165, 1.54) is 43.8 Å². The maximum Gasteiger partial charge on any atom is 0.220 e. The number of furan rings is 1. The van der Waals surface area contributed by atoms with Crippen LogP contribution in [0.5, 0.6) is 0 Å². The predicted octanol–water partition coefficient (Wildman–Crippen LogP) is 15.9. The second-order valence-corrected chi connectivity index (χ2v) is 17.6. The Morgan fingerprint density at radius 3 is 1.75 bits per heavy atom. The lowest BCUT2D eigenvalue weighted by Gasteiger charge is -2.11. The maximum absolute atomic E-state index is 6.30. The van der Waals surface area contributed by atoms with Gasteiger partial charge in [-0.2, -0.15) is 0 Å². The number of para-hydroxylation sites is 6. The van der Waals surface area contributed by atoms with Gasteiger partial charge in [-0.3, -0.25) is 8.97 Å². The van der Waals surface area contributed by atoms with Gasteiger partial charge in [0.1, 0.15) is 11.2 Å². The molecule has 0 amide bonds. The lowest BCUT2D eigenvalue weighted by atomic mass is 9.98. The van der Waals surface area contributed by atoms with Crippen molar-refractivity contribution < 1.29 is 4.42 Å². The van der Waals surface area contributed by atoms with E-state index in [1.54, 1.807) is 0 Å². The molecule has 6 nitrogen and oxygen atoms in total. The predicted molar refractivity (Wildman–Crippen MR) is 276 cm³/mol. The van der Waals surface area contributed by atoms with Gasteiger partial charge in [0.2, 0.25) is 5.78 Å². The van der Waals surface area contributed by atoms with Crippen LogP contribution in [0.25, 0.3) is 133 Å². The molecule has 10 aromatic carbocycles. The number of rotatable bonds is 5. The first-order valence-electron chi connectivity index (χ1n) is 22.8. The zero-order chi connectivity index (χ0) is 43.7. The molecule has 0 aliphatic carbocycles. The summed E-state index contributed by atoms with van der Waals surface area (Å²) >= 11 is 0. The van der Waals surface area contributed by atoms with Crippen LogP contribution in [0.15, 0.2) is 229 Å². The monoisotopic (exact) mass is 855 g/mol. The van der Waals surface area contributed by atoms with E-state index in [9.17, 15) is 0 Å². The smallest absolute Gasteiger partial charge is 0.220 e. The molecule has 0 aliphatic rings. The molecule has 15 aromatic rings. The molecule has 5 heterocycles. The second kappa shape index (κ2) is 13.7. The van der Waals surface area contributed by atoms with Crippen molar-refractivity contribution in [3.8, 4) is 39.3 Å². The van der Waals surface area contributed by atoms with Crippen molar-refractivity contribution in [1.29, 1.82) is 0 Å². The molecule has 6 heteroatoms. The quantitative estimate of drug-likeness (QED) is 0.173. The van der Waals surface area contributed by atoms with E-state index < -0.39 is 0 Å². The van der Waals surface area contributed by atoms with Gasteiger partial charge in [-0.05, 0) is 125 Å². The van der Waals surface area contributed by atoms with Gasteiger partial charge >= 0.3 is 0 Å². The Morgan fingerprint density at radius 1 is 0.313 bits per heavy atom. The van der Waals surface area contributed by atoms with Crippen molar-refractivity contribution in [3.05, 3.63) is 224 Å². The first kappa shape index (κ1) is 36.2. The van der Waals surface area contributed by atoms with Gasteiger partial charge in [-0.15, -0.1) is 0 Å². The number of hydrogen-bond donors (Lipinski definition) is 0. The summed E-state index contributed by atoms with van der Waals surface area (Å²) in [6.45, 7) is 0. The normalized spacial score (nSPS) is 12.2. The van der Waals surface area contributed by atoms with Crippen LogP contribution >= 0.6 is 0 Å². The van der Waals surface area contributed by atoms with Crippen molar-refractivity contribution in [2.75, 3.05) is 0 Å². The van der Waals surface area contributed by atoms with Crippen LogP contribution in [-0.4, -0.2) is 23.1 Å². The molecule has 0 saturated heterocycles. The fourth-order valence-corrected chi connectivity index (χ4v) is 11.0. The highest BCUT2D eigenvalue weighted by Crippen LogP contribution is 2.42. The molecular formula is C61H37N5O. The van der Waals surface area contributed by atoms with E-state index in [1.807, 2.05) is 12.1 Å². The van der Waals surface area contributed by atoms with E-state index in [4.69, 9.17) is 9.40 Å². The Balaban J connectivity index is 0.987. The van der Waals surface area contributed by atoms with Crippen LogP contribution in [0.1, 0.15) is 0 Å². The maximum atomic E-state index is 6.30. The zero-order valence-corrected chi connectivity index (χ0v) is 36.0.